The fourth-order valence-electron chi connectivity index (χ4n) is 5.86. The average molecular weight is 724 g/mol. The summed E-state index contributed by atoms with van der Waals surface area (Å²) < 4.78 is 38.0. The number of nitrogens with zero attached hydrogens (tertiary/aromatic N) is 4. The van der Waals surface area contributed by atoms with Crippen LogP contribution in [0.15, 0.2) is 48.8 Å². The van der Waals surface area contributed by atoms with Gasteiger partial charge in [-0.2, -0.15) is 0 Å². The first kappa shape index (κ1) is 34.1. The number of rotatable bonds is 9. The first-order chi connectivity index (χ1) is 20.5. The average Bonchev–Trinajstić information content (AvgIpc) is 3.00. The topological polar surface area (TPSA) is 106 Å². The second-order valence-corrected chi connectivity index (χ2v) is 12.2. The highest BCUT2D eigenvalue weighted by Gasteiger charge is 2.40. The highest BCUT2D eigenvalue weighted by atomic mass is 127. The fraction of sp³-hybridized carbons (Fsp3) is 0.500. The fourth-order valence-corrected chi connectivity index (χ4v) is 5.86. The molecule has 3 aromatic heterocycles. The van der Waals surface area contributed by atoms with Crippen molar-refractivity contribution in [2.45, 2.75) is 51.6 Å². The van der Waals surface area contributed by atoms with Gasteiger partial charge >= 0.3 is 5.97 Å². The number of aryl methyl sites for hydroxylation is 1. The van der Waals surface area contributed by atoms with E-state index in [1.165, 1.54) is 18.3 Å². The van der Waals surface area contributed by atoms with Crippen LogP contribution in [0.2, 0.25) is 0 Å². The zero-order valence-corrected chi connectivity index (χ0v) is 27.5. The highest BCUT2D eigenvalue weighted by Crippen LogP contribution is 2.41. The molecule has 2 fully saturated rings. The number of aromatic nitrogens is 3. The van der Waals surface area contributed by atoms with Gasteiger partial charge in [-0.15, -0.1) is 0 Å². The molecular formula is C32H40F2IN5O4. The largest absolute Gasteiger partial charge is 1.00 e. The standard InChI is InChI=1S/C32H40F2N5O4.HI/c1-21-16-26(37-29(17-21)38-28-18-23(30(33)34)10-11-35-28)24-6-9-27(36-19-24)32(2,41)25-7-4-22(5-8-25)31(40)43-20-39(3)12-14-42-15-13-39;/h6,9-11,16-19,22,25,30,41H,4-5,7-8,12-15,20H2,1-3H3,(H,35,37,38);1H/q+1;/p-1/t22?,25?,32-;/m1./s1. The van der Waals surface area contributed by atoms with Crippen LogP contribution in [0.4, 0.5) is 20.4 Å². The summed E-state index contributed by atoms with van der Waals surface area (Å²) in [4.78, 5) is 26.2. The van der Waals surface area contributed by atoms with Crippen molar-refractivity contribution >= 4 is 17.6 Å². The molecule has 44 heavy (non-hydrogen) atoms. The van der Waals surface area contributed by atoms with Gasteiger partial charge < -0.3 is 43.9 Å². The number of alkyl halides is 2. The summed E-state index contributed by atoms with van der Waals surface area (Å²) in [6, 6.07) is 9.98. The molecule has 1 saturated carbocycles. The van der Waals surface area contributed by atoms with Crippen molar-refractivity contribution in [2.24, 2.45) is 11.8 Å². The van der Waals surface area contributed by atoms with Gasteiger partial charge in [-0.3, -0.25) is 14.3 Å². The van der Waals surface area contributed by atoms with Crippen LogP contribution in [-0.2, 0) is 19.9 Å². The molecule has 238 valence electrons. The molecule has 2 aliphatic rings. The van der Waals surface area contributed by atoms with E-state index in [2.05, 4.69) is 27.3 Å². The minimum Gasteiger partial charge on any atom is -1.00 e. The number of aliphatic hydroxyl groups is 1. The minimum atomic E-state index is -2.59. The lowest BCUT2D eigenvalue weighted by atomic mass is 9.73. The van der Waals surface area contributed by atoms with E-state index in [-0.39, 0.29) is 53.2 Å². The van der Waals surface area contributed by atoms with Crippen molar-refractivity contribution in [3.8, 4) is 11.3 Å². The second-order valence-electron chi connectivity index (χ2n) is 12.2. The zero-order chi connectivity index (χ0) is 30.6. The Morgan fingerprint density at radius 3 is 2.50 bits per heavy atom. The molecular weight excluding hydrogens is 683 g/mol. The molecule has 1 atom stereocenters. The van der Waals surface area contributed by atoms with Gasteiger partial charge in [0.15, 0.2) is 0 Å². The van der Waals surface area contributed by atoms with Gasteiger partial charge in [-0.1, -0.05) is 0 Å². The molecule has 3 aromatic rings. The Balaban J connectivity index is 0.00000442. The summed E-state index contributed by atoms with van der Waals surface area (Å²) >= 11 is 0. The molecule has 0 aromatic carbocycles. The van der Waals surface area contributed by atoms with Gasteiger partial charge in [0.05, 0.1) is 37.6 Å². The number of pyridine rings is 3. The van der Waals surface area contributed by atoms with Crippen LogP contribution in [0.25, 0.3) is 11.3 Å². The number of carbonyl (C=O) groups excluding carboxylic acids is 1. The number of ether oxygens (including phenoxy) is 2. The number of quaternary nitrogens is 1. The molecule has 12 heteroatoms. The van der Waals surface area contributed by atoms with Crippen molar-refractivity contribution in [2.75, 3.05) is 45.4 Å². The van der Waals surface area contributed by atoms with Crippen LogP contribution < -0.4 is 29.3 Å². The lowest BCUT2D eigenvalue weighted by molar-refractivity contribution is -0.932. The summed E-state index contributed by atoms with van der Waals surface area (Å²) in [6.45, 7) is 7.11. The van der Waals surface area contributed by atoms with Crippen molar-refractivity contribution < 1.29 is 56.6 Å². The number of nitrogens with one attached hydrogen (secondary N) is 1. The Morgan fingerprint density at radius 2 is 1.84 bits per heavy atom. The molecule has 1 aliphatic heterocycles. The van der Waals surface area contributed by atoms with E-state index in [0.29, 0.717) is 67.3 Å². The maximum absolute atomic E-state index is 13.1. The second kappa shape index (κ2) is 14.5. The van der Waals surface area contributed by atoms with E-state index in [1.807, 2.05) is 31.2 Å². The smallest absolute Gasteiger partial charge is 0.313 e. The van der Waals surface area contributed by atoms with Gasteiger partial charge in [0.1, 0.15) is 30.3 Å². The maximum Gasteiger partial charge on any atom is 0.313 e. The minimum absolute atomic E-state index is 0. The molecule has 2 N–H and O–H groups in total. The molecule has 0 spiro atoms. The van der Waals surface area contributed by atoms with Crippen LogP contribution in [0.5, 0.6) is 0 Å². The molecule has 1 aliphatic carbocycles. The summed E-state index contributed by atoms with van der Waals surface area (Å²) in [6.07, 6.45) is 3.17. The Morgan fingerprint density at radius 1 is 1.11 bits per heavy atom. The number of esters is 1. The van der Waals surface area contributed by atoms with Gasteiger partial charge in [0.25, 0.3) is 6.43 Å². The van der Waals surface area contributed by atoms with E-state index in [1.54, 1.807) is 13.1 Å². The summed E-state index contributed by atoms with van der Waals surface area (Å²) in [5.41, 5.74) is 1.61. The molecule has 9 nitrogen and oxygen atoms in total. The van der Waals surface area contributed by atoms with Crippen LogP contribution in [0.1, 0.15) is 55.9 Å². The third-order valence-corrected chi connectivity index (χ3v) is 8.76. The van der Waals surface area contributed by atoms with Crippen LogP contribution in [0, 0.1) is 18.8 Å². The monoisotopic (exact) mass is 723 g/mol. The van der Waals surface area contributed by atoms with Gasteiger partial charge in [-0.05, 0) is 87.4 Å². The molecule has 0 amide bonds. The van der Waals surface area contributed by atoms with Crippen LogP contribution in [0.3, 0.4) is 0 Å². The molecule has 0 bridgehead atoms. The van der Waals surface area contributed by atoms with Crippen molar-refractivity contribution in [3.63, 3.8) is 0 Å². The molecule has 1 saturated heterocycles. The lowest BCUT2D eigenvalue weighted by Crippen LogP contribution is -3.00. The molecule has 0 radical (unpaired) electrons. The third-order valence-electron chi connectivity index (χ3n) is 8.76. The number of hydrogen-bond donors (Lipinski definition) is 2. The number of carbonyl (C=O) groups is 1. The van der Waals surface area contributed by atoms with Crippen molar-refractivity contribution in [3.05, 3.63) is 65.6 Å². The predicted molar refractivity (Wildman–Crippen MR) is 157 cm³/mol. The van der Waals surface area contributed by atoms with E-state index < -0.39 is 12.0 Å². The number of hydrogen-bond acceptors (Lipinski definition) is 8. The number of likely N-dealkylation sites (N-methyl/N-ethyl adjacent to an activating group) is 1. The van der Waals surface area contributed by atoms with E-state index >= 15 is 0 Å². The normalized spacial score (nSPS) is 21.2. The SMILES string of the molecule is Cc1cc(Nc2cc(C(F)F)ccn2)nc(-c2ccc([C@](C)(O)C3CCC(C(=O)OC[N+]4(C)CCOCC4)CC3)nc2)c1.[I-]. The molecule has 4 heterocycles. The molecule has 5 rings (SSSR count). The summed E-state index contributed by atoms with van der Waals surface area (Å²) in [7, 11) is 2.09. The van der Waals surface area contributed by atoms with Crippen molar-refractivity contribution in [1.82, 2.24) is 15.0 Å². The highest BCUT2D eigenvalue weighted by molar-refractivity contribution is 5.72. The summed E-state index contributed by atoms with van der Waals surface area (Å²) in [5.74, 6) is 0.410. The molecule has 0 unspecified atom stereocenters. The van der Waals surface area contributed by atoms with Crippen molar-refractivity contribution in [1.29, 1.82) is 0 Å². The van der Waals surface area contributed by atoms with Crippen LogP contribution in [-0.4, -0.2) is 70.6 Å². The quantitative estimate of drug-likeness (QED) is 0.197. The first-order valence-electron chi connectivity index (χ1n) is 14.8. The van der Waals surface area contributed by atoms with E-state index in [9.17, 15) is 18.7 Å². The Labute approximate surface area is 274 Å². The van der Waals surface area contributed by atoms with Crippen LogP contribution >= 0.6 is 0 Å². The van der Waals surface area contributed by atoms with E-state index in [0.717, 1.165) is 24.2 Å². The summed E-state index contributed by atoms with van der Waals surface area (Å²) in [5, 5.41) is 14.6. The van der Waals surface area contributed by atoms with Gasteiger partial charge in [0.2, 0.25) is 6.73 Å². The Bertz CT molecular complexity index is 1410. The number of halogens is 3. The third kappa shape index (κ3) is 8.26. The Kier molecular flexibility index (Phi) is 11.2. The zero-order valence-electron chi connectivity index (χ0n) is 25.3. The lowest BCUT2D eigenvalue weighted by Gasteiger charge is -2.38. The Hall–Kier alpha value is -2.81. The number of anilines is 2. The number of morpholine rings is 1. The predicted octanol–water partition coefficient (Wildman–Crippen LogP) is 2.52. The van der Waals surface area contributed by atoms with Gasteiger partial charge in [0, 0.05) is 23.5 Å². The first-order valence-corrected chi connectivity index (χ1v) is 14.8. The van der Waals surface area contributed by atoms with Gasteiger partial charge in [-0.25, -0.2) is 18.7 Å². The van der Waals surface area contributed by atoms with E-state index in [4.69, 9.17) is 9.47 Å². The maximum atomic E-state index is 13.1.